The summed E-state index contributed by atoms with van der Waals surface area (Å²) in [5.41, 5.74) is 1.65. The molecule has 1 aromatic rings. The summed E-state index contributed by atoms with van der Waals surface area (Å²) in [6.45, 7) is 6.71. The van der Waals surface area contributed by atoms with E-state index in [1.807, 2.05) is 13.8 Å². The molecule has 5 nitrogen and oxygen atoms in total. The second-order valence-corrected chi connectivity index (χ2v) is 6.06. The summed E-state index contributed by atoms with van der Waals surface area (Å²) in [6.07, 6.45) is 0. The van der Waals surface area contributed by atoms with E-state index in [-0.39, 0.29) is 11.9 Å². The average molecular weight is 356 g/mol. The summed E-state index contributed by atoms with van der Waals surface area (Å²) in [5.74, 6) is -0.129. The van der Waals surface area contributed by atoms with Crippen LogP contribution in [0.2, 0.25) is 10.0 Å². The molecule has 2 N–H and O–H groups in total. The van der Waals surface area contributed by atoms with Crippen LogP contribution in [0.25, 0.3) is 0 Å². The number of hydrogen-bond acceptors (Lipinski definition) is 2. The second kappa shape index (κ2) is 7.23. The number of rotatable bonds is 4. The minimum absolute atomic E-state index is 0.129. The Hall–Kier alpha value is -1.72. The van der Waals surface area contributed by atoms with Gasteiger partial charge in [0.15, 0.2) is 0 Å². The molecule has 2 rings (SSSR count). The number of likely N-dealkylation sites (N-methyl/N-ethyl adjacent to an activating group) is 1. The molecule has 1 aromatic carbocycles. The number of hydrogen-bond donors (Lipinski definition) is 2. The van der Waals surface area contributed by atoms with Gasteiger partial charge in [0.1, 0.15) is 0 Å². The maximum absolute atomic E-state index is 12.8. The molecule has 7 heteroatoms. The Morgan fingerprint density at radius 1 is 1.26 bits per heavy atom. The van der Waals surface area contributed by atoms with Crippen molar-refractivity contribution in [3.05, 3.63) is 45.1 Å². The van der Waals surface area contributed by atoms with Crippen molar-refractivity contribution in [2.24, 2.45) is 0 Å². The van der Waals surface area contributed by atoms with Crippen LogP contribution in [0, 0.1) is 0 Å². The highest BCUT2D eigenvalue weighted by Gasteiger charge is 2.33. The zero-order valence-corrected chi connectivity index (χ0v) is 14.8. The van der Waals surface area contributed by atoms with Crippen LogP contribution >= 0.6 is 23.2 Å². The standard InChI is InChI=1S/C16H19Cl2N3O2/c1-4-21(5-2)15(22)13-9(3)19-16(23)20-14(13)11-7-6-10(17)8-12(11)18/h6-8,14H,4-5H2,1-3H3,(H2,19,20,23)/t14-/m1/s1. The number of benzene rings is 1. The summed E-state index contributed by atoms with van der Waals surface area (Å²) in [4.78, 5) is 26.4. The summed E-state index contributed by atoms with van der Waals surface area (Å²) < 4.78 is 0. The molecule has 1 aliphatic rings. The van der Waals surface area contributed by atoms with E-state index >= 15 is 0 Å². The SMILES string of the molecule is CCN(CC)C(=O)C1=C(C)NC(=O)N[C@@H]1c1ccc(Cl)cc1Cl. The molecule has 0 spiro atoms. The Bertz CT molecular complexity index is 669. The lowest BCUT2D eigenvalue weighted by molar-refractivity contribution is -0.127. The predicted octanol–water partition coefficient (Wildman–Crippen LogP) is 3.49. The van der Waals surface area contributed by atoms with Crippen molar-refractivity contribution in [1.29, 1.82) is 0 Å². The normalized spacial score (nSPS) is 17.6. The Kier molecular flexibility index (Phi) is 5.55. The number of carbonyl (C=O) groups is 2. The Labute approximate surface area is 145 Å². The summed E-state index contributed by atoms with van der Waals surface area (Å²) in [5, 5.41) is 6.33. The van der Waals surface area contributed by atoms with E-state index in [0.29, 0.717) is 40.0 Å². The molecule has 0 saturated heterocycles. The average Bonchev–Trinajstić information content (AvgIpc) is 2.47. The highest BCUT2D eigenvalue weighted by atomic mass is 35.5. The second-order valence-electron chi connectivity index (χ2n) is 5.21. The van der Waals surface area contributed by atoms with Gasteiger partial charge < -0.3 is 15.5 Å². The fraction of sp³-hybridized carbons (Fsp3) is 0.375. The predicted molar refractivity (Wildman–Crippen MR) is 91.5 cm³/mol. The molecule has 1 heterocycles. The van der Waals surface area contributed by atoms with Crippen molar-refractivity contribution in [1.82, 2.24) is 15.5 Å². The quantitative estimate of drug-likeness (QED) is 0.868. The molecule has 0 saturated carbocycles. The van der Waals surface area contributed by atoms with Crippen molar-refractivity contribution in [3.63, 3.8) is 0 Å². The number of allylic oxidation sites excluding steroid dienone is 1. The number of carbonyl (C=O) groups excluding carboxylic acids is 2. The first-order valence-corrected chi connectivity index (χ1v) is 8.17. The lowest BCUT2D eigenvalue weighted by Crippen LogP contribution is -2.47. The van der Waals surface area contributed by atoms with E-state index in [1.165, 1.54) is 0 Å². The zero-order chi connectivity index (χ0) is 17.1. The number of nitrogens with zero attached hydrogens (tertiary/aromatic N) is 1. The molecule has 0 bridgehead atoms. The first-order valence-electron chi connectivity index (χ1n) is 7.41. The maximum Gasteiger partial charge on any atom is 0.319 e. The lowest BCUT2D eigenvalue weighted by atomic mass is 9.94. The van der Waals surface area contributed by atoms with Gasteiger partial charge in [0, 0.05) is 28.8 Å². The van der Waals surface area contributed by atoms with Gasteiger partial charge in [-0.2, -0.15) is 0 Å². The third-order valence-electron chi connectivity index (χ3n) is 3.82. The highest BCUT2D eigenvalue weighted by Crippen LogP contribution is 2.33. The fourth-order valence-electron chi connectivity index (χ4n) is 2.63. The number of amides is 3. The molecular weight excluding hydrogens is 337 g/mol. The maximum atomic E-state index is 12.8. The summed E-state index contributed by atoms with van der Waals surface area (Å²) in [7, 11) is 0. The summed E-state index contributed by atoms with van der Waals surface area (Å²) >= 11 is 12.2. The van der Waals surface area contributed by atoms with Crippen molar-refractivity contribution in [2.45, 2.75) is 26.8 Å². The summed E-state index contributed by atoms with van der Waals surface area (Å²) in [6, 6.07) is 4.04. The van der Waals surface area contributed by atoms with Gasteiger partial charge in [0.2, 0.25) is 0 Å². The topological polar surface area (TPSA) is 61.4 Å². The van der Waals surface area contributed by atoms with Crippen LogP contribution in [0.3, 0.4) is 0 Å². The van der Waals surface area contributed by atoms with Gasteiger partial charge in [-0.3, -0.25) is 4.79 Å². The minimum Gasteiger partial charge on any atom is -0.339 e. The van der Waals surface area contributed by atoms with Gasteiger partial charge >= 0.3 is 6.03 Å². The van der Waals surface area contributed by atoms with Gasteiger partial charge in [-0.25, -0.2) is 4.79 Å². The largest absolute Gasteiger partial charge is 0.339 e. The van der Waals surface area contributed by atoms with Gasteiger partial charge in [-0.15, -0.1) is 0 Å². The van der Waals surface area contributed by atoms with Gasteiger partial charge in [-0.05, 0) is 38.5 Å². The lowest BCUT2D eigenvalue weighted by Gasteiger charge is -2.32. The number of halogens is 2. The molecule has 0 fully saturated rings. The third-order valence-corrected chi connectivity index (χ3v) is 4.39. The molecule has 1 aliphatic heterocycles. The zero-order valence-electron chi connectivity index (χ0n) is 13.2. The van der Waals surface area contributed by atoms with Crippen LogP contribution in [0.1, 0.15) is 32.4 Å². The van der Waals surface area contributed by atoms with Crippen LogP contribution in [0.4, 0.5) is 4.79 Å². The molecule has 3 amide bonds. The van der Waals surface area contributed by atoms with Crippen LogP contribution in [0.15, 0.2) is 29.5 Å². The molecule has 0 unspecified atom stereocenters. The van der Waals surface area contributed by atoms with E-state index in [9.17, 15) is 9.59 Å². The van der Waals surface area contributed by atoms with Crippen LogP contribution in [-0.2, 0) is 4.79 Å². The van der Waals surface area contributed by atoms with Crippen LogP contribution in [0.5, 0.6) is 0 Å². The Morgan fingerprint density at radius 3 is 2.48 bits per heavy atom. The van der Waals surface area contributed by atoms with Crippen molar-refractivity contribution >= 4 is 35.1 Å². The highest BCUT2D eigenvalue weighted by molar-refractivity contribution is 6.35. The molecule has 1 atom stereocenters. The van der Waals surface area contributed by atoms with E-state index < -0.39 is 6.04 Å². The molecule has 0 aromatic heterocycles. The molecule has 124 valence electrons. The first-order chi connectivity index (χ1) is 10.9. The van der Waals surface area contributed by atoms with Crippen molar-refractivity contribution < 1.29 is 9.59 Å². The molecule has 0 radical (unpaired) electrons. The van der Waals surface area contributed by atoms with Crippen LogP contribution in [-0.4, -0.2) is 29.9 Å². The Balaban J connectivity index is 2.52. The van der Waals surface area contributed by atoms with Crippen molar-refractivity contribution in [2.75, 3.05) is 13.1 Å². The van der Waals surface area contributed by atoms with Gasteiger partial charge in [0.25, 0.3) is 5.91 Å². The minimum atomic E-state index is -0.610. The van der Waals surface area contributed by atoms with E-state index in [1.54, 1.807) is 30.0 Å². The van der Waals surface area contributed by atoms with Gasteiger partial charge in [-0.1, -0.05) is 29.3 Å². The third kappa shape index (κ3) is 3.62. The first kappa shape index (κ1) is 17.6. The molecular formula is C16H19Cl2N3O2. The van der Waals surface area contributed by atoms with E-state index in [2.05, 4.69) is 10.6 Å². The van der Waals surface area contributed by atoms with E-state index in [4.69, 9.17) is 23.2 Å². The number of urea groups is 1. The van der Waals surface area contributed by atoms with Gasteiger partial charge in [0.05, 0.1) is 11.6 Å². The smallest absolute Gasteiger partial charge is 0.319 e. The monoisotopic (exact) mass is 355 g/mol. The fourth-order valence-corrected chi connectivity index (χ4v) is 3.14. The Morgan fingerprint density at radius 2 is 1.91 bits per heavy atom. The van der Waals surface area contributed by atoms with Crippen molar-refractivity contribution in [3.8, 4) is 0 Å². The number of nitrogens with one attached hydrogen (secondary N) is 2. The molecule has 23 heavy (non-hydrogen) atoms. The van der Waals surface area contributed by atoms with E-state index in [0.717, 1.165) is 0 Å². The van der Waals surface area contributed by atoms with Crippen LogP contribution < -0.4 is 10.6 Å². The molecule has 0 aliphatic carbocycles.